The number of hydrogen-bond acceptors (Lipinski definition) is 3. The Balaban J connectivity index is 2.49. The van der Waals surface area contributed by atoms with Gasteiger partial charge in [0.1, 0.15) is 12.4 Å². The summed E-state index contributed by atoms with van der Waals surface area (Å²) in [5, 5.41) is 12.7. The van der Waals surface area contributed by atoms with Crippen molar-refractivity contribution < 1.29 is 23.9 Å². The summed E-state index contributed by atoms with van der Waals surface area (Å²) < 4.78 is 13.4. The smallest absolute Gasteiger partial charge is 0.322 e. The van der Waals surface area contributed by atoms with E-state index in [0.717, 1.165) is 4.90 Å². The summed E-state index contributed by atoms with van der Waals surface area (Å²) in [4.78, 5) is 34.1. The van der Waals surface area contributed by atoms with Crippen LogP contribution in [-0.2, 0) is 9.59 Å². The molecule has 0 aliphatic heterocycles. The highest BCUT2D eigenvalue weighted by molar-refractivity contribution is 5.94. The van der Waals surface area contributed by atoms with Crippen molar-refractivity contribution in [3.8, 4) is 0 Å². The molecule has 0 saturated carbocycles. The van der Waals surface area contributed by atoms with Gasteiger partial charge in [-0.15, -0.1) is 0 Å². The number of nitrogens with one attached hydrogen (secondary N) is 2. The van der Waals surface area contributed by atoms with E-state index in [1.54, 1.807) is 6.07 Å². The van der Waals surface area contributed by atoms with Crippen molar-refractivity contribution in [1.82, 2.24) is 10.6 Å². The number of carboxylic acids is 1. The molecule has 0 aliphatic carbocycles. The Hall–Kier alpha value is -2.64. The molecule has 0 bridgehead atoms. The Kier molecular flexibility index (Phi) is 5.45. The van der Waals surface area contributed by atoms with Gasteiger partial charge in [0.2, 0.25) is 5.91 Å². The molecule has 8 heteroatoms. The van der Waals surface area contributed by atoms with Crippen molar-refractivity contribution in [2.24, 2.45) is 0 Å². The quantitative estimate of drug-likeness (QED) is 0.717. The number of nitrogens with zero attached hydrogens (tertiary/aromatic N) is 1. The van der Waals surface area contributed by atoms with E-state index in [9.17, 15) is 18.8 Å². The van der Waals surface area contributed by atoms with Crippen LogP contribution in [0, 0.1) is 5.82 Å². The van der Waals surface area contributed by atoms with Gasteiger partial charge in [-0.05, 0) is 12.1 Å². The minimum absolute atomic E-state index is 0.0657. The molecule has 0 aromatic heterocycles. The Morgan fingerprint density at radius 2 is 1.85 bits per heavy atom. The lowest BCUT2D eigenvalue weighted by molar-refractivity contribution is -0.137. The van der Waals surface area contributed by atoms with Gasteiger partial charge in [-0.2, -0.15) is 0 Å². The van der Waals surface area contributed by atoms with Gasteiger partial charge in [0.15, 0.2) is 0 Å². The number of urea groups is 1. The molecule has 0 radical (unpaired) electrons. The molecule has 20 heavy (non-hydrogen) atoms. The van der Waals surface area contributed by atoms with E-state index in [0.29, 0.717) is 0 Å². The summed E-state index contributed by atoms with van der Waals surface area (Å²) in [6, 6.07) is 5.00. The van der Waals surface area contributed by atoms with Crippen LogP contribution in [0.25, 0.3) is 0 Å². The first-order valence-corrected chi connectivity index (χ1v) is 5.66. The van der Waals surface area contributed by atoms with E-state index in [-0.39, 0.29) is 5.69 Å². The van der Waals surface area contributed by atoms with E-state index in [1.807, 2.05) is 0 Å². The number of benzene rings is 1. The summed E-state index contributed by atoms with van der Waals surface area (Å²) in [5.74, 6) is -2.41. The van der Waals surface area contributed by atoms with Crippen molar-refractivity contribution in [2.75, 3.05) is 25.0 Å². The summed E-state index contributed by atoms with van der Waals surface area (Å²) >= 11 is 0. The maximum atomic E-state index is 13.4. The Morgan fingerprint density at radius 3 is 2.45 bits per heavy atom. The fourth-order valence-electron chi connectivity index (χ4n) is 1.34. The molecule has 1 aromatic carbocycles. The lowest BCUT2D eigenvalue weighted by atomic mass is 10.3. The number of aliphatic carboxylic acids is 1. The SMILES string of the molecule is CN(C(=O)NCC(=O)NCC(=O)O)c1ccccc1F. The third-order valence-electron chi connectivity index (χ3n) is 2.36. The van der Waals surface area contributed by atoms with E-state index in [4.69, 9.17) is 5.11 Å². The number of rotatable bonds is 5. The molecule has 0 heterocycles. The molecule has 3 N–H and O–H groups in total. The average Bonchev–Trinajstić information content (AvgIpc) is 2.42. The van der Waals surface area contributed by atoms with Crippen molar-refractivity contribution in [3.05, 3.63) is 30.1 Å². The van der Waals surface area contributed by atoms with Gasteiger partial charge >= 0.3 is 12.0 Å². The number of carbonyl (C=O) groups excluding carboxylic acids is 2. The van der Waals surface area contributed by atoms with Crippen LogP contribution in [0.2, 0.25) is 0 Å². The Bertz CT molecular complexity index is 521. The van der Waals surface area contributed by atoms with Gasteiger partial charge < -0.3 is 15.7 Å². The van der Waals surface area contributed by atoms with E-state index >= 15 is 0 Å². The van der Waals surface area contributed by atoms with Gasteiger partial charge in [0, 0.05) is 7.05 Å². The lowest BCUT2D eigenvalue weighted by Gasteiger charge is -2.18. The lowest BCUT2D eigenvalue weighted by Crippen LogP contribution is -2.44. The standard InChI is InChI=1S/C12H14FN3O4/c1-16(9-5-3-2-4-8(9)13)12(20)15-6-10(17)14-7-11(18)19/h2-5H,6-7H2,1H3,(H,14,17)(H,15,20)(H,18,19). The van der Waals surface area contributed by atoms with Crippen molar-refractivity contribution in [2.45, 2.75) is 0 Å². The Morgan fingerprint density at radius 1 is 1.20 bits per heavy atom. The zero-order valence-electron chi connectivity index (χ0n) is 10.7. The minimum atomic E-state index is -1.19. The molecule has 0 atom stereocenters. The Labute approximate surface area is 114 Å². The van der Waals surface area contributed by atoms with E-state index in [1.165, 1.54) is 25.2 Å². The molecule has 7 nitrogen and oxygen atoms in total. The fourth-order valence-corrected chi connectivity index (χ4v) is 1.34. The summed E-state index contributed by atoms with van der Waals surface area (Å²) in [6.45, 7) is -0.928. The fraction of sp³-hybridized carbons (Fsp3) is 0.250. The zero-order valence-corrected chi connectivity index (χ0v) is 10.7. The number of carboxylic acid groups (broad SMARTS) is 1. The number of carbonyl (C=O) groups is 3. The molecular weight excluding hydrogens is 269 g/mol. The predicted molar refractivity (Wildman–Crippen MR) is 68.8 cm³/mol. The van der Waals surface area contributed by atoms with Crippen molar-refractivity contribution >= 4 is 23.6 Å². The van der Waals surface area contributed by atoms with E-state index in [2.05, 4.69) is 10.6 Å². The van der Waals surface area contributed by atoms with Gasteiger partial charge in [-0.25, -0.2) is 9.18 Å². The van der Waals surface area contributed by atoms with Crippen LogP contribution in [0.15, 0.2) is 24.3 Å². The van der Waals surface area contributed by atoms with Crippen LogP contribution in [0.3, 0.4) is 0 Å². The molecule has 0 fully saturated rings. The second-order valence-electron chi connectivity index (χ2n) is 3.84. The van der Waals surface area contributed by atoms with Crippen molar-refractivity contribution in [3.63, 3.8) is 0 Å². The monoisotopic (exact) mass is 283 g/mol. The van der Waals surface area contributed by atoms with E-state index < -0.39 is 36.8 Å². The first-order valence-electron chi connectivity index (χ1n) is 5.66. The second kappa shape index (κ2) is 7.07. The average molecular weight is 283 g/mol. The topological polar surface area (TPSA) is 98.7 Å². The third kappa shape index (κ3) is 4.56. The number of amides is 3. The summed E-state index contributed by atoms with van der Waals surface area (Å²) in [6.07, 6.45) is 0. The van der Waals surface area contributed by atoms with Crippen LogP contribution in [0.1, 0.15) is 0 Å². The molecule has 3 amide bonds. The minimum Gasteiger partial charge on any atom is -0.480 e. The number of para-hydroxylation sites is 1. The van der Waals surface area contributed by atoms with Gasteiger partial charge in [-0.1, -0.05) is 12.1 Å². The first-order chi connectivity index (χ1) is 9.41. The van der Waals surface area contributed by atoms with Crippen LogP contribution in [0.4, 0.5) is 14.9 Å². The highest BCUT2D eigenvalue weighted by Gasteiger charge is 2.15. The highest BCUT2D eigenvalue weighted by Crippen LogP contribution is 2.16. The molecule has 108 valence electrons. The number of halogens is 1. The van der Waals surface area contributed by atoms with Gasteiger partial charge in [-0.3, -0.25) is 14.5 Å². The largest absolute Gasteiger partial charge is 0.480 e. The maximum absolute atomic E-state index is 13.4. The predicted octanol–water partition coefficient (Wildman–Crippen LogP) is 0.172. The molecule has 0 aliphatic rings. The van der Waals surface area contributed by atoms with Crippen LogP contribution in [-0.4, -0.2) is 43.2 Å². The molecule has 0 spiro atoms. The normalized spacial score (nSPS) is 9.70. The second-order valence-corrected chi connectivity index (χ2v) is 3.84. The molecule has 1 rings (SSSR count). The summed E-state index contributed by atoms with van der Waals surface area (Å²) in [7, 11) is 1.35. The molecular formula is C12H14FN3O4. The molecule has 0 unspecified atom stereocenters. The van der Waals surface area contributed by atoms with Crippen LogP contribution >= 0.6 is 0 Å². The van der Waals surface area contributed by atoms with Crippen LogP contribution in [0.5, 0.6) is 0 Å². The summed E-state index contributed by atoms with van der Waals surface area (Å²) in [5.41, 5.74) is 0.0657. The number of anilines is 1. The highest BCUT2D eigenvalue weighted by atomic mass is 19.1. The first kappa shape index (κ1) is 15.4. The third-order valence-corrected chi connectivity index (χ3v) is 2.36. The molecule has 0 saturated heterocycles. The van der Waals surface area contributed by atoms with Gasteiger partial charge in [0.25, 0.3) is 0 Å². The van der Waals surface area contributed by atoms with Crippen molar-refractivity contribution in [1.29, 1.82) is 0 Å². The number of hydrogen-bond donors (Lipinski definition) is 3. The van der Waals surface area contributed by atoms with Gasteiger partial charge in [0.05, 0.1) is 12.2 Å². The molecule has 1 aromatic rings. The maximum Gasteiger partial charge on any atom is 0.322 e. The zero-order chi connectivity index (χ0) is 15.1. The van der Waals surface area contributed by atoms with Crippen LogP contribution < -0.4 is 15.5 Å².